The van der Waals surface area contributed by atoms with Crippen LogP contribution in [-0.4, -0.2) is 17.9 Å². The lowest BCUT2D eigenvalue weighted by molar-refractivity contribution is 0.0993. The van der Waals surface area contributed by atoms with E-state index in [9.17, 15) is 4.79 Å². The predicted molar refractivity (Wildman–Crippen MR) is 74.4 cm³/mol. The molecule has 4 heteroatoms. The number of carbonyl (C=O) groups is 1. The van der Waals surface area contributed by atoms with E-state index in [-0.39, 0.29) is 11.6 Å². The highest BCUT2D eigenvalue weighted by molar-refractivity contribution is 6.01. The first-order valence-electron chi connectivity index (χ1n) is 5.98. The van der Waals surface area contributed by atoms with Gasteiger partial charge in [0.25, 0.3) is 0 Å². The Labute approximate surface area is 112 Å². The molecule has 0 unspecified atom stereocenters. The molecule has 0 amide bonds. The summed E-state index contributed by atoms with van der Waals surface area (Å²) in [7, 11) is 1.61. The van der Waals surface area contributed by atoms with Gasteiger partial charge in [-0.05, 0) is 36.2 Å². The van der Waals surface area contributed by atoms with E-state index >= 15 is 0 Å². The molecule has 0 radical (unpaired) electrons. The fraction of sp³-hybridized carbons (Fsp3) is 0.200. The molecular weight excluding hydrogens is 240 g/mol. The van der Waals surface area contributed by atoms with Crippen LogP contribution < -0.4 is 10.5 Å². The molecule has 2 N–H and O–H groups in total. The van der Waals surface area contributed by atoms with Crippen molar-refractivity contribution in [1.29, 1.82) is 0 Å². The average Bonchev–Trinajstić information content (AvgIpc) is 2.42. The van der Waals surface area contributed by atoms with Crippen LogP contribution in [0.5, 0.6) is 5.75 Å². The quantitative estimate of drug-likeness (QED) is 0.853. The summed E-state index contributed by atoms with van der Waals surface area (Å²) in [6.45, 7) is 1.89. The Bertz CT molecular complexity index is 592. The van der Waals surface area contributed by atoms with E-state index in [0.717, 1.165) is 16.9 Å². The van der Waals surface area contributed by atoms with Gasteiger partial charge in [0.1, 0.15) is 11.6 Å². The molecule has 1 heterocycles. The Kier molecular flexibility index (Phi) is 3.80. The second-order valence-electron chi connectivity index (χ2n) is 4.39. The van der Waals surface area contributed by atoms with E-state index in [1.54, 1.807) is 19.4 Å². The monoisotopic (exact) mass is 256 g/mol. The van der Waals surface area contributed by atoms with Crippen molar-refractivity contribution in [3.8, 4) is 5.75 Å². The van der Waals surface area contributed by atoms with Crippen molar-refractivity contribution in [3.05, 3.63) is 53.2 Å². The second-order valence-corrected chi connectivity index (χ2v) is 4.39. The van der Waals surface area contributed by atoms with E-state index in [1.165, 1.54) is 0 Å². The Hall–Kier alpha value is -2.36. The number of carbonyl (C=O) groups excluding carboxylic acids is 1. The molecule has 1 aromatic heterocycles. The molecule has 0 saturated carbocycles. The predicted octanol–water partition coefficient (Wildman–Crippen LogP) is 2.41. The maximum absolute atomic E-state index is 12.2. The van der Waals surface area contributed by atoms with Gasteiger partial charge in [-0.1, -0.05) is 12.1 Å². The van der Waals surface area contributed by atoms with Gasteiger partial charge in [0.2, 0.25) is 0 Å². The number of pyridine rings is 1. The van der Waals surface area contributed by atoms with Gasteiger partial charge in [0.15, 0.2) is 5.78 Å². The van der Waals surface area contributed by atoms with E-state index in [0.29, 0.717) is 12.0 Å². The largest absolute Gasteiger partial charge is 0.497 e. The van der Waals surface area contributed by atoms with Crippen molar-refractivity contribution < 1.29 is 9.53 Å². The molecule has 0 aliphatic rings. The molecule has 0 atom stereocenters. The van der Waals surface area contributed by atoms with Crippen molar-refractivity contribution in [1.82, 2.24) is 4.98 Å². The van der Waals surface area contributed by atoms with E-state index in [2.05, 4.69) is 4.98 Å². The summed E-state index contributed by atoms with van der Waals surface area (Å²) in [5.74, 6) is 1.02. The lowest BCUT2D eigenvalue weighted by Crippen LogP contribution is -2.08. The summed E-state index contributed by atoms with van der Waals surface area (Å²) in [6, 6.07) is 9.18. The number of nitrogens with zero attached hydrogens (tertiary/aromatic N) is 1. The minimum absolute atomic E-state index is 0.0288. The van der Waals surface area contributed by atoms with Crippen LogP contribution in [-0.2, 0) is 6.42 Å². The van der Waals surface area contributed by atoms with Crippen molar-refractivity contribution in [3.63, 3.8) is 0 Å². The maximum Gasteiger partial charge on any atom is 0.170 e. The summed E-state index contributed by atoms with van der Waals surface area (Å²) >= 11 is 0. The van der Waals surface area contributed by atoms with Crippen LogP contribution in [0.4, 0.5) is 5.82 Å². The molecule has 0 aliphatic carbocycles. The summed E-state index contributed by atoms with van der Waals surface area (Å²) in [4.78, 5) is 16.2. The Morgan fingerprint density at radius 1 is 1.32 bits per heavy atom. The number of methoxy groups -OCH3 is 1. The van der Waals surface area contributed by atoms with Gasteiger partial charge >= 0.3 is 0 Å². The van der Waals surface area contributed by atoms with Crippen LogP contribution in [0.3, 0.4) is 0 Å². The number of benzene rings is 1. The zero-order valence-corrected chi connectivity index (χ0v) is 11.0. The fourth-order valence-corrected chi connectivity index (χ4v) is 1.83. The standard InChI is InChI=1S/C15H16N2O2/c1-10-7-13(15(16)17-9-10)14(18)8-11-3-5-12(19-2)6-4-11/h3-7,9H,8H2,1-2H3,(H2,16,17). The summed E-state index contributed by atoms with van der Waals surface area (Å²) in [5, 5.41) is 0. The molecule has 4 nitrogen and oxygen atoms in total. The molecule has 0 fully saturated rings. The fourth-order valence-electron chi connectivity index (χ4n) is 1.83. The van der Waals surface area contributed by atoms with Crippen LogP contribution in [0.1, 0.15) is 21.5 Å². The molecule has 0 aliphatic heterocycles. The van der Waals surface area contributed by atoms with E-state index in [4.69, 9.17) is 10.5 Å². The van der Waals surface area contributed by atoms with Crippen molar-refractivity contribution in [2.75, 3.05) is 12.8 Å². The molecule has 2 rings (SSSR count). The number of ether oxygens (including phenoxy) is 1. The Balaban J connectivity index is 2.18. The third-order valence-electron chi connectivity index (χ3n) is 2.88. The number of nitrogens with two attached hydrogens (primary N) is 1. The van der Waals surface area contributed by atoms with E-state index in [1.807, 2.05) is 31.2 Å². The van der Waals surface area contributed by atoms with Gasteiger partial charge in [0.05, 0.1) is 12.7 Å². The minimum atomic E-state index is -0.0288. The minimum Gasteiger partial charge on any atom is -0.497 e. The maximum atomic E-state index is 12.2. The highest BCUT2D eigenvalue weighted by atomic mass is 16.5. The number of nitrogen functional groups attached to an aromatic ring is 1. The number of aryl methyl sites for hydroxylation is 1. The van der Waals surface area contributed by atoms with Crippen molar-refractivity contribution in [2.24, 2.45) is 0 Å². The molecule has 0 saturated heterocycles. The molecule has 98 valence electrons. The van der Waals surface area contributed by atoms with Gasteiger partial charge in [-0.25, -0.2) is 4.98 Å². The number of anilines is 1. The molecule has 1 aromatic carbocycles. The molecular formula is C15H16N2O2. The van der Waals surface area contributed by atoms with Crippen LogP contribution in [0, 0.1) is 6.92 Å². The van der Waals surface area contributed by atoms with Crippen LogP contribution in [0.2, 0.25) is 0 Å². The highest BCUT2D eigenvalue weighted by Crippen LogP contribution is 2.16. The van der Waals surface area contributed by atoms with Crippen LogP contribution in [0.15, 0.2) is 36.5 Å². The number of hydrogen-bond acceptors (Lipinski definition) is 4. The second kappa shape index (κ2) is 5.52. The molecule has 2 aromatic rings. The topological polar surface area (TPSA) is 65.2 Å². The van der Waals surface area contributed by atoms with Gasteiger partial charge in [-0.15, -0.1) is 0 Å². The Morgan fingerprint density at radius 2 is 2.00 bits per heavy atom. The molecule has 19 heavy (non-hydrogen) atoms. The lowest BCUT2D eigenvalue weighted by Gasteiger charge is -2.06. The van der Waals surface area contributed by atoms with E-state index < -0.39 is 0 Å². The van der Waals surface area contributed by atoms with Gasteiger partial charge in [-0.3, -0.25) is 4.79 Å². The number of Topliss-reactive ketones (excluding diaryl/α,β-unsaturated/α-hetero) is 1. The van der Waals surface area contributed by atoms with Crippen LogP contribution in [0.25, 0.3) is 0 Å². The summed E-state index contributed by atoms with van der Waals surface area (Å²) in [5.41, 5.74) is 8.07. The first-order chi connectivity index (χ1) is 9.10. The summed E-state index contributed by atoms with van der Waals surface area (Å²) in [6.07, 6.45) is 1.96. The molecule has 0 spiro atoms. The van der Waals surface area contributed by atoms with Crippen molar-refractivity contribution >= 4 is 11.6 Å². The third kappa shape index (κ3) is 3.10. The van der Waals surface area contributed by atoms with Gasteiger partial charge in [0, 0.05) is 12.6 Å². The van der Waals surface area contributed by atoms with Gasteiger partial charge < -0.3 is 10.5 Å². The first-order valence-corrected chi connectivity index (χ1v) is 5.98. The molecule has 0 bridgehead atoms. The number of ketones is 1. The van der Waals surface area contributed by atoms with Crippen LogP contribution >= 0.6 is 0 Å². The SMILES string of the molecule is COc1ccc(CC(=O)c2cc(C)cnc2N)cc1. The summed E-state index contributed by atoms with van der Waals surface area (Å²) < 4.78 is 5.08. The zero-order chi connectivity index (χ0) is 13.8. The lowest BCUT2D eigenvalue weighted by atomic mass is 10.0. The highest BCUT2D eigenvalue weighted by Gasteiger charge is 2.12. The average molecular weight is 256 g/mol. The smallest absolute Gasteiger partial charge is 0.170 e. The number of hydrogen-bond donors (Lipinski definition) is 1. The number of rotatable bonds is 4. The zero-order valence-electron chi connectivity index (χ0n) is 11.0. The normalized spacial score (nSPS) is 10.2. The number of aromatic nitrogens is 1. The van der Waals surface area contributed by atoms with Gasteiger partial charge in [-0.2, -0.15) is 0 Å². The first kappa shape index (κ1) is 13.1. The Morgan fingerprint density at radius 3 is 2.63 bits per heavy atom. The third-order valence-corrected chi connectivity index (χ3v) is 2.88. The van der Waals surface area contributed by atoms with Crippen molar-refractivity contribution in [2.45, 2.75) is 13.3 Å².